The van der Waals surface area contributed by atoms with Crippen molar-refractivity contribution in [1.82, 2.24) is 4.90 Å². The first kappa shape index (κ1) is 56.4. The standard InChI is InChI=1S/C51H81NO15/c1-28-14-18-38(53)41(56)24-31(4)42(63-8)26-36-17-15-34(7)51(62,67-36)48(59)49(60)52-20-12-11-13-37(52)50(61)66-43(30(3)23-35-16-19-39(54)44(25-35)64-9)27-40(55)29(2)22-33(6)46(58)47(65-10)45(57)32(5)21-28/h14,18,22,24,28-30,32,34-39,41-44,46-47,53-54,56,58,62H,11-13,15-17,19-21,23,25-27H2,1-10H3/b18-14+,31-24+,33-22?/t28-,29-,30-,32-,34-,35+,36+,37+,38-,39-,41-,42+,43+,44-,46-,47+,51-/m1/s1. The minimum atomic E-state index is -2.52. The van der Waals surface area contributed by atoms with Crippen LogP contribution in [0.15, 0.2) is 35.5 Å². The summed E-state index contributed by atoms with van der Waals surface area (Å²) in [7, 11) is 4.35. The number of hydrogen-bond donors (Lipinski definition) is 5. The predicted molar refractivity (Wildman–Crippen MR) is 248 cm³/mol. The molecule has 0 unspecified atom stereocenters. The van der Waals surface area contributed by atoms with Gasteiger partial charge in [-0.2, -0.15) is 0 Å². The largest absolute Gasteiger partial charge is 0.460 e. The molecule has 1 saturated carbocycles. The summed E-state index contributed by atoms with van der Waals surface area (Å²) in [5, 5.41) is 55.7. The molecule has 4 rings (SSSR count). The highest BCUT2D eigenvalue weighted by molar-refractivity contribution is 6.39. The number of hydrogen-bond acceptors (Lipinski definition) is 15. The molecule has 380 valence electrons. The van der Waals surface area contributed by atoms with Gasteiger partial charge in [0.1, 0.15) is 42.3 Å². The number of piperidine rings is 1. The molecule has 4 aliphatic rings. The lowest BCUT2D eigenvalue weighted by Crippen LogP contribution is -2.61. The molecule has 1 aliphatic carbocycles. The molecule has 16 heteroatoms. The molecule has 3 fully saturated rings. The lowest BCUT2D eigenvalue weighted by molar-refractivity contribution is -0.265. The van der Waals surface area contributed by atoms with Crippen molar-refractivity contribution in [1.29, 1.82) is 0 Å². The third-order valence-corrected chi connectivity index (χ3v) is 14.9. The average Bonchev–Trinajstić information content (AvgIpc) is 3.30. The van der Waals surface area contributed by atoms with Crippen LogP contribution in [0, 0.1) is 35.5 Å². The van der Waals surface area contributed by atoms with E-state index in [0.717, 1.165) is 4.90 Å². The van der Waals surface area contributed by atoms with Crippen LogP contribution in [0.2, 0.25) is 0 Å². The number of allylic oxidation sites excluding steroid dienone is 2. The number of aliphatic hydroxyl groups excluding tert-OH is 4. The van der Waals surface area contributed by atoms with Crippen LogP contribution in [0.5, 0.6) is 0 Å². The van der Waals surface area contributed by atoms with Crippen LogP contribution in [0.4, 0.5) is 0 Å². The van der Waals surface area contributed by atoms with Crippen LogP contribution in [0.25, 0.3) is 0 Å². The third kappa shape index (κ3) is 14.7. The van der Waals surface area contributed by atoms with E-state index in [4.69, 9.17) is 23.7 Å². The first-order valence-electron chi connectivity index (χ1n) is 24.4. The van der Waals surface area contributed by atoms with Gasteiger partial charge in [0.25, 0.3) is 11.7 Å². The number of fused-ring (bicyclic) bond motifs is 3. The number of nitrogens with zero attached hydrogens (tertiary/aromatic N) is 1. The van der Waals surface area contributed by atoms with Crippen molar-refractivity contribution in [2.45, 2.75) is 192 Å². The number of methoxy groups -OCH3 is 3. The van der Waals surface area contributed by atoms with E-state index >= 15 is 0 Å². The van der Waals surface area contributed by atoms with Crippen LogP contribution in [-0.4, -0.2) is 154 Å². The lowest BCUT2D eigenvalue weighted by atomic mass is 9.78. The van der Waals surface area contributed by atoms with E-state index in [0.29, 0.717) is 68.9 Å². The molecule has 3 heterocycles. The van der Waals surface area contributed by atoms with Crippen LogP contribution < -0.4 is 0 Å². The van der Waals surface area contributed by atoms with Gasteiger partial charge in [0.2, 0.25) is 5.79 Å². The Labute approximate surface area is 397 Å². The van der Waals surface area contributed by atoms with Crippen molar-refractivity contribution >= 4 is 29.2 Å². The summed E-state index contributed by atoms with van der Waals surface area (Å²) in [5.74, 6) is -8.88. The van der Waals surface area contributed by atoms with Crippen molar-refractivity contribution < 1.29 is 73.2 Å². The van der Waals surface area contributed by atoms with E-state index in [-0.39, 0.29) is 61.2 Å². The fraction of sp³-hybridized carbons (Fsp3) is 0.784. The summed E-state index contributed by atoms with van der Waals surface area (Å²) >= 11 is 0. The Hall–Kier alpha value is -3.19. The first-order valence-corrected chi connectivity index (χ1v) is 24.4. The van der Waals surface area contributed by atoms with Gasteiger partial charge >= 0.3 is 5.97 Å². The number of carbonyl (C=O) groups is 5. The van der Waals surface area contributed by atoms with Crippen molar-refractivity contribution in [2.75, 3.05) is 27.9 Å². The average molecular weight is 948 g/mol. The normalized spacial score (nSPS) is 40.8. The summed E-state index contributed by atoms with van der Waals surface area (Å²) in [5.41, 5.74) is 0.884. The monoisotopic (exact) mass is 948 g/mol. The lowest BCUT2D eigenvalue weighted by Gasteiger charge is -2.42. The molecule has 0 spiro atoms. The van der Waals surface area contributed by atoms with Gasteiger partial charge in [-0.15, -0.1) is 0 Å². The number of carbonyl (C=O) groups excluding carboxylic acids is 5. The Morgan fingerprint density at radius 1 is 0.806 bits per heavy atom. The molecule has 0 radical (unpaired) electrons. The van der Waals surface area contributed by atoms with E-state index in [1.54, 1.807) is 53.9 Å². The molecule has 2 saturated heterocycles. The number of rotatable bonds is 6. The van der Waals surface area contributed by atoms with Crippen molar-refractivity contribution in [2.24, 2.45) is 35.5 Å². The molecule has 67 heavy (non-hydrogen) atoms. The molecule has 5 N–H and O–H groups in total. The molecule has 17 atom stereocenters. The van der Waals surface area contributed by atoms with E-state index in [2.05, 4.69) is 0 Å². The fourth-order valence-corrected chi connectivity index (χ4v) is 10.4. The Balaban J connectivity index is 1.72. The molecule has 3 aliphatic heterocycles. The number of ether oxygens (including phenoxy) is 5. The second-order valence-corrected chi connectivity index (χ2v) is 20.2. The smallest absolute Gasteiger partial charge is 0.329 e. The maximum Gasteiger partial charge on any atom is 0.329 e. The highest BCUT2D eigenvalue weighted by Crippen LogP contribution is 2.38. The molecule has 16 nitrogen and oxygen atoms in total. The number of aliphatic hydroxyl groups is 5. The molecule has 2 bridgehead atoms. The van der Waals surface area contributed by atoms with Gasteiger partial charge in [-0.05, 0) is 107 Å². The van der Waals surface area contributed by atoms with E-state index in [9.17, 15) is 49.5 Å². The van der Waals surface area contributed by atoms with Gasteiger partial charge in [0.15, 0.2) is 5.78 Å². The summed E-state index contributed by atoms with van der Waals surface area (Å²) in [4.78, 5) is 71.9. The third-order valence-electron chi connectivity index (χ3n) is 14.9. The zero-order chi connectivity index (χ0) is 49.9. The molecular weight excluding hydrogens is 867 g/mol. The van der Waals surface area contributed by atoms with Crippen LogP contribution in [0.1, 0.15) is 126 Å². The SMILES string of the molecule is CO[C@H]1C[C@@H]2CC[C@@H](C)[C@@](O)(O2)C(=O)C(=O)N2CCCC[C@H]2C(=O)O[C@H]([C@H](C)C[C@@H]2CC[C@@H](O)[C@H](OC)C2)CC(=O)[C@H](C)C=C(C)[C@@H](O)[C@@H](OC)C(=O)[C@H](C)C[C@H](C)/C=C/[C@@H](O)[C@H](O)/C=C/1C. The number of amides is 1. The van der Waals surface area contributed by atoms with Gasteiger partial charge in [0, 0.05) is 58.5 Å². The van der Waals surface area contributed by atoms with Gasteiger partial charge in [-0.3, -0.25) is 19.2 Å². The number of ketones is 3. The summed E-state index contributed by atoms with van der Waals surface area (Å²) in [6, 6.07) is -1.18. The molecule has 0 aromatic rings. The minimum absolute atomic E-state index is 0.0470. The van der Waals surface area contributed by atoms with Crippen LogP contribution in [0.3, 0.4) is 0 Å². The van der Waals surface area contributed by atoms with E-state index < -0.39 is 96.1 Å². The second-order valence-electron chi connectivity index (χ2n) is 20.2. The Morgan fingerprint density at radius 3 is 2.16 bits per heavy atom. The second kappa shape index (κ2) is 25.6. The molecule has 0 aromatic heterocycles. The first-order chi connectivity index (χ1) is 31.6. The molecule has 1 amide bonds. The van der Waals surface area contributed by atoms with Crippen molar-refractivity contribution in [3.8, 4) is 0 Å². The number of Topliss-reactive ketones (excluding diaryl/α,β-unsaturated/α-hetero) is 3. The summed E-state index contributed by atoms with van der Waals surface area (Å²) in [6.07, 6.45) is 2.20. The minimum Gasteiger partial charge on any atom is -0.460 e. The van der Waals surface area contributed by atoms with Crippen molar-refractivity contribution in [3.63, 3.8) is 0 Å². The van der Waals surface area contributed by atoms with Gasteiger partial charge < -0.3 is 54.1 Å². The maximum absolute atomic E-state index is 14.4. The Bertz CT molecular complexity index is 1780. The summed E-state index contributed by atoms with van der Waals surface area (Å²) < 4.78 is 29.2. The molecule has 0 aromatic carbocycles. The highest BCUT2D eigenvalue weighted by atomic mass is 16.6. The van der Waals surface area contributed by atoms with Crippen LogP contribution in [-0.2, 0) is 47.7 Å². The van der Waals surface area contributed by atoms with E-state index in [1.165, 1.54) is 26.4 Å². The van der Waals surface area contributed by atoms with Crippen molar-refractivity contribution in [3.05, 3.63) is 35.5 Å². The van der Waals surface area contributed by atoms with E-state index in [1.807, 2.05) is 13.8 Å². The van der Waals surface area contributed by atoms with Gasteiger partial charge in [-0.25, -0.2) is 4.79 Å². The maximum atomic E-state index is 14.4. The predicted octanol–water partition coefficient (Wildman–Crippen LogP) is 4.35. The Morgan fingerprint density at radius 2 is 1.51 bits per heavy atom. The summed E-state index contributed by atoms with van der Waals surface area (Å²) in [6.45, 7) is 12.1. The van der Waals surface area contributed by atoms with Crippen LogP contribution >= 0.6 is 0 Å². The quantitative estimate of drug-likeness (QED) is 0.142. The molecular formula is C51H81NO15. The van der Waals surface area contributed by atoms with Gasteiger partial charge in [0.05, 0.1) is 24.4 Å². The topological polar surface area (TPSA) is 236 Å². The number of esters is 1. The Kier molecular flexibility index (Phi) is 21.6. The fourth-order valence-electron chi connectivity index (χ4n) is 10.4. The van der Waals surface area contributed by atoms with Gasteiger partial charge in [-0.1, -0.05) is 58.9 Å². The zero-order valence-electron chi connectivity index (χ0n) is 41.5. The number of cyclic esters (lactones) is 1. The highest BCUT2D eigenvalue weighted by Gasteiger charge is 2.53. The zero-order valence-corrected chi connectivity index (χ0v) is 41.5.